The maximum Gasteiger partial charge on any atom is 0.574 e. The normalized spacial score (nSPS) is 12.2. The number of alkyl halides is 6. The Bertz CT molecular complexity index is 558. The topological polar surface area (TPSA) is 48.4 Å². The van der Waals surface area contributed by atoms with Crippen LogP contribution in [-0.2, 0) is 22.1 Å². The molecule has 1 aromatic heterocycles. The van der Waals surface area contributed by atoms with Crippen LogP contribution < -0.4 is 4.74 Å². The molecule has 0 amide bonds. The van der Waals surface area contributed by atoms with E-state index >= 15 is 0 Å². The van der Waals surface area contributed by atoms with Gasteiger partial charge in [-0.15, -0.1) is 13.2 Å². The maximum absolute atomic E-state index is 13.0. The number of hydrogen-bond donors (Lipinski definition) is 0. The molecule has 0 unspecified atom stereocenters. The van der Waals surface area contributed by atoms with Crippen molar-refractivity contribution in [1.29, 1.82) is 0 Å². The van der Waals surface area contributed by atoms with E-state index in [1.54, 1.807) is 0 Å². The predicted octanol–water partition coefficient (Wildman–Crippen LogP) is 3.71. The standard InChI is InChI=1S/C11H8F6INO3/c1-2-21-7(20)3-5-8(10(12,13)14)6(18)4-19-9(5)22-11(15,16)17/h4H,2-3H2,1H3. The first-order valence-electron chi connectivity index (χ1n) is 5.61. The summed E-state index contributed by atoms with van der Waals surface area (Å²) in [5.41, 5.74) is -2.43. The summed E-state index contributed by atoms with van der Waals surface area (Å²) in [4.78, 5) is 14.6. The van der Waals surface area contributed by atoms with Crippen molar-refractivity contribution >= 4 is 28.6 Å². The molecule has 0 aliphatic heterocycles. The fourth-order valence-corrected chi connectivity index (χ4v) is 2.30. The van der Waals surface area contributed by atoms with Gasteiger partial charge in [0, 0.05) is 15.3 Å². The SMILES string of the molecule is CCOC(=O)Cc1c(OC(F)(F)F)ncc(I)c1C(F)(F)F. The van der Waals surface area contributed by atoms with Gasteiger partial charge in [-0.3, -0.25) is 4.79 Å². The number of esters is 1. The average Bonchev–Trinajstić information content (AvgIpc) is 2.29. The van der Waals surface area contributed by atoms with Crippen molar-refractivity contribution in [3.05, 3.63) is 20.9 Å². The minimum Gasteiger partial charge on any atom is -0.466 e. The molecule has 1 aromatic rings. The highest BCUT2D eigenvalue weighted by molar-refractivity contribution is 14.1. The first-order valence-corrected chi connectivity index (χ1v) is 6.69. The number of ether oxygens (including phenoxy) is 2. The Morgan fingerprint density at radius 3 is 2.32 bits per heavy atom. The summed E-state index contributed by atoms with van der Waals surface area (Å²) in [7, 11) is 0. The molecule has 1 heterocycles. The van der Waals surface area contributed by atoms with Gasteiger partial charge in [-0.05, 0) is 29.5 Å². The molecular formula is C11H8F6INO3. The highest BCUT2D eigenvalue weighted by atomic mass is 127. The van der Waals surface area contributed by atoms with Crippen molar-refractivity contribution in [2.45, 2.75) is 25.9 Å². The molecule has 0 aliphatic carbocycles. The molecular weight excluding hydrogens is 435 g/mol. The summed E-state index contributed by atoms with van der Waals surface area (Å²) in [5.74, 6) is -2.45. The minimum absolute atomic E-state index is 0.132. The van der Waals surface area contributed by atoms with E-state index < -0.39 is 45.5 Å². The number of hydrogen-bond acceptors (Lipinski definition) is 4. The molecule has 0 aromatic carbocycles. The lowest BCUT2D eigenvalue weighted by Gasteiger charge is -2.18. The van der Waals surface area contributed by atoms with Crippen molar-refractivity contribution < 1.29 is 40.6 Å². The maximum atomic E-state index is 13.0. The number of rotatable bonds is 4. The fraction of sp³-hybridized carbons (Fsp3) is 0.455. The van der Waals surface area contributed by atoms with Gasteiger partial charge in [0.15, 0.2) is 0 Å². The zero-order valence-electron chi connectivity index (χ0n) is 10.8. The summed E-state index contributed by atoms with van der Waals surface area (Å²) in [6.07, 6.45) is -10.7. The smallest absolute Gasteiger partial charge is 0.466 e. The van der Waals surface area contributed by atoms with Gasteiger partial charge in [0.05, 0.1) is 18.6 Å². The fourth-order valence-electron chi connectivity index (χ4n) is 1.53. The van der Waals surface area contributed by atoms with Crippen LogP contribution in [0.5, 0.6) is 5.88 Å². The lowest BCUT2D eigenvalue weighted by atomic mass is 10.1. The molecule has 0 radical (unpaired) electrons. The van der Waals surface area contributed by atoms with Crippen LogP contribution in [0.4, 0.5) is 26.3 Å². The second kappa shape index (κ2) is 6.87. The van der Waals surface area contributed by atoms with Crippen LogP contribution in [0.15, 0.2) is 6.20 Å². The molecule has 0 saturated carbocycles. The monoisotopic (exact) mass is 443 g/mol. The summed E-state index contributed by atoms with van der Waals surface area (Å²) < 4.78 is 83.4. The quantitative estimate of drug-likeness (QED) is 0.405. The Labute approximate surface area is 133 Å². The Kier molecular flexibility index (Phi) is 5.87. The molecule has 0 atom stereocenters. The van der Waals surface area contributed by atoms with Gasteiger partial charge in [0.1, 0.15) is 0 Å². The van der Waals surface area contributed by atoms with E-state index in [4.69, 9.17) is 0 Å². The molecule has 0 fully saturated rings. The van der Waals surface area contributed by atoms with E-state index in [-0.39, 0.29) is 6.61 Å². The van der Waals surface area contributed by atoms with Gasteiger partial charge in [-0.2, -0.15) is 13.2 Å². The van der Waals surface area contributed by atoms with Crippen LogP contribution >= 0.6 is 22.6 Å². The van der Waals surface area contributed by atoms with Crippen LogP contribution in [0, 0.1) is 3.57 Å². The lowest BCUT2D eigenvalue weighted by Crippen LogP contribution is -2.23. The molecule has 0 spiro atoms. The number of carbonyl (C=O) groups excluding carboxylic acids is 1. The van der Waals surface area contributed by atoms with E-state index in [1.807, 2.05) is 0 Å². The Balaban J connectivity index is 3.42. The number of carbonyl (C=O) groups is 1. The summed E-state index contributed by atoms with van der Waals surface area (Å²) in [6, 6.07) is 0. The number of pyridine rings is 1. The van der Waals surface area contributed by atoms with E-state index in [2.05, 4.69) is 14.5 Å². The second-order valence-electron chi connectivity index (χ2n) is 3.79. The van der Waals surface area contributed by atoms with Crippen molar-refractivity contribution in [2.75, 3.05) is 6.61 Å². The zero-order valence-corrected chi connectivity index (χ0v) is 13.0. The Morgan fingerprint density at radius 2 is 1.86 bits per heavy atom. The largest absolute Gasteiger partial charge is 0.574 e. The molecule has 1 rings (SSSR count). The van der Waals surface area contributed by atoms with E-state index in [0.29, 0.717) is 6.20 Å². The van der Waals surface area contributed by atoms with Gasteiger partial charge in [-0.25, -0.2) is 4.98 Å². The minimum atomic E-state index is -5.24. The van der Waals surface area contributed by atoms with Crippen molar-refractivity contribution in [3.63, 3.8) is 0 Å². The van der Waals surface area contributed by atoms with Crippen LogP contribution in [0.2, 0.25) is 0 Å². The van der Waals surface area contributed by atoms with Crippen LogP contribution in [0.25, 0.3) is 0 Å². The molecule has 0 N–H and O–H groups in total. The summed E-state index contributed by atoms with van der Waals surface area (Å²) >= 11 is 1.26. The average molecular weight is 443 g/mol. The van der Waals surface area contributed by atoms with Crippen molar-refractivity contribution in [2.24, 2.45) is 0 Å². The predicted molar refractivity (Wildman–Crippen MR) is 69.0 cm³/mol. The van der Waals surface area contributed by atoms with Crippen molar-refractivity contribution in [1.82, 2.24) is 4.98 Å². The highest BCUT2D eigenvalue weighted by Gasteiger charge is 2.41. The molecule has 4 nitrogen and oxygen atoms in total. The number of nitrogens with zero attached hydrogens (tertiary/aromatic N) is 1. The van der Waals surface area contributed by atoms with Gasteiger partial charge < -0.3 is 9.47 Å². The summed E-state index contributed by atoms with van der Waals surface area (Å²) in [5, 5.41) is 0. The third-order valence-corrected chi connectivity index (χ3v) is 3.03. The lowest BCUT2D eigenvalue weighted by molar-refractivity contribution is -0.276. The van der Waals surface area contributed by atoms with E-state index in [1.165, 1.54) is 29.5 Å². The highest BCUT2D eigenvalue weighted by Crippen LogP contribution is 2.39. The molecule has 0 aliphatic rings. The summed E-state index contributed by atoms with van der Waals surface area (Å²) in [6.45, 7) is 1.27. The Hall–Kier alpha value is -1.27. The number of aromatic nitrogens is 1. The number of halogens is 7. The van der Waals surface area contributed by atoms with E-state index in [9.17, 15) is 31.1 Å². The third kappa shape index (κ3) is 5.18. The second-order valence-corrected chi connectivity index (χ2v) is 4.95. The van der Waals surface area contributed by atoms with Crippen LogP contribution in [-0.4, -0.2) is 23.9 Å². The molecule has 0 saturated heterocycles. The molecule has 11 heteroatoms. The van der Waals surface area contributed by atoms with Crippen LogP contribution in [0.3, 0.4) is 0 Å². The molecule has 22 heavy (non-hydrogen) atoms. The molecule has 124 valence electrons. The van der Waals surface area contributed by atoms with Gasteiger partial charge in [0.2, 0.25) is 5.88 Å². The van der Waals surface area contributed by atoms with Crippen molar-refractivity contribution in [3.8, 4) is 5.88 Å². The van der Waals surface area contributed by atoms with Crippen LogP contribution in [0.1, 0.15) is 18.1 Å². The Morgan fingerprint density at radius 1 is 1.27 bits per heavy atom. The first kappa shape index (κ1) is 18.8. The van der Waals surface area contributed by atoms with E-state index in [0.717, 1.165) is 0 Å². The third-order valence-electron chi connectivity index (χ3n) is 2.22. The van der Waals surface area contributed by atoms with Gasteiger partial charge in [-0.1, -0.05) is 0 Å². The first-order chi connectivity index (χ1) is 9.95. The van der Waals surface area contributed by atoms with Gasteiger partial charge in [0.25, 0.3) is 0 Å². The zero-order chi connectivity index (χ0) is 17.1. The van der Waals surface area contributed by atoms with Gasteiger partial charge >= 0.3 is 18.5 Å². The molecule has 0 bridgehead atoms.